The van der Waals surface area contributed by atoms with Gasteiger partial charge >= 0.3 is 0 Å². The SMILES string of the molecule is Cc1[nH]c2ccccc2c1CNCC1CNC1. The van der Waals surface area contributed by atoms with Crippen molar-refractivity contribution in [3.05, 3.63) is 35.5 Å². The van der Waals surface area contributed by atoms with Crippen molar-refractivity contribution in [2.24, 2.45) is 5.92 Å². The number of aromatic nitrogens is 1. The Labute approximate surface area is 102 Å². The number of H-pyrrole nitrogens is 1. The van der Waals surface area contributed by atoms with Crippen LogP contribution in [0.4, 0.5) is 0 Å². The standard InChI is InChI=1S/C14H19N3/c1-10-13(9-16-8-11-6-15-7-11)12-4-2-3-5-14(12)17-10/h2-5,11,15-17H,6-9H2,1H3. The summed E-state index contributed by atoms with van der Waals surface area (Å²) in [4.78, 5) is 3.44. The molecule has 1 aromatic heterocycles. The minimum Gasteiger partial charge on any atom is -0.358 e. The molecule has 17 heavy (non-hydrogen) atoms. The summed E-state index contributed by atoms with van der Waals surface area (Å²) in [6.07, 6.45) is 0. The van der Waals surface area contributed by atoms with Gasteiger partial charge in [0.1, 0.15) is 0 Å². The van der Waals surface area contributed by atoms with Gasteiger partial charge in [-0.1, -0.05) is 18.2 Å². The largest absolute Gasteiger partial charge is 0.358 e. The second-order valence-electron chi connectivity index (χ2n) is 4.93. The lowest BCUT2D eigenvalue weighted by molar-refractivity contribution is 0.331. The van der Waals surface area contributed by atoms with Gasteiger partial charge in [-0.3, -0.25) is 0 Å². The van der Waals surface area contributed by atoms with Crippen molar-refractivity contribution in [1.29, 1.82) is 0 Å². The first-order valence-corrected chi connectivity index (χ1v) is 6.32. The smallest absolute Gasteiger partial charge is 0.0459 e. The zero-order valence-electron chi connectivity index (χ0n) is 10.2. The molecule has 0 aliphatic carbocycles. The van der Waals surface area contributed by atoms with Gasteiger partial charge in [-0.15, -0.1) is 0 Å². The molecule has 1 saturated heterocycles. The van der Waals surface area contributed by atoms with Crippen LogP contribution in [0.3, 0.4) is 0 Å². The molecule has 3 heteroatoms. The molecule has 0 bridgehead atoms. The number of hydrogen-bond donors (Lipinski definition) is 3. The fourth-order valence-corrected chi connectivity index (χ4v) is 2.46. The molecule has 2 aromatic rings. The number of aromatic amines is 1. The van der Waals surface area contributed by atoms with E-state index in [0.29, 0.717) is 0 Å². The van der Waals surface area contributed by atoms with E-state index in [1.54, 1.807) is 0 Å². The quantitative estimate of drug-likeness (QED) is 0.748. The molecule has 0 saturated carbocycles. The molecule has 0 atom stereocenters. The Morgan fingerprint density at radius 3 is 2.88 bits per heavy atom. The maximum atomic E-state index is 3.56. The first kappa shape index (κ1) is 10.8. The lowest BCUT2D eigenvalue weighted by atomic mass is 10.0. The van der Waals surface area contributed by atoms with Gasteiger partial charge in [0.25, 0.3) is 0 Å². The molecule has 2 heterocycles. The summed E-state index contributed by atoms with van der Waals surface area (Å²) < 4.78 is 0. The van der Waals surface area contributed by atoms with Crippen molar-refractivity contribution < 1.29 is 0 Å². The van der Waals surface area contributed by atoms with Crippen LogP contribution < -0.4 is 10.6 Å². The lowest BCUT2D eigenvalue weighted by Gasteiger charge is -2.27. The summed E-state index contributed by atoms with van der Waals surface area (Å²) in [6, 6.07) is 8.52. The van der Waals surface area contributed by atoms with Gasteiger partial charge in [-0.2, -0.15) is 0 Å². The topological polar surface area (TPSA) is 39.9 Å². The lowest BCUT2D eigenvalue weighted by Crippen LogP contribution is -2.47. The van der Waals surface area contributed by atoms with Crippen LogP contribution in [0.1, 0.15) is 11.3 Å². The zero-order valence-corrected chi connectivity index (χ0v) is 10.2. The predicted molar refractivity (Wildman–Crippen MR) is 71.1 cm³/mol. The first-order chi connectivity index (χ1) is 8.34. The van der Waals surface area contributed by atoms with Gasteiger partial charge in [-0.25, -0.2) is 0 Å². The van der Waals surface area contributed by atoms with E-state index in [4.69, 9.17) is 0 Å². The molecule has 3 N–H and O–H groups in total. The summed E-state index contributed by atoms with van der Waals surface area (Å²) in [6.45, 7) is 6.57. The van der Waals surface area contributed by atoms with Crippen LogP contribution >= 0.6 is 0 Å². The van der Waals surface area contributed by atoms with Crippen LogP contribution in [0, 0.1) is 12.8 Å². The molecule has 1 aliphatic rings. The summed E-state index contributed by atoms with van der Waals surface area (Å²) in [5.41, 5.74) is 3.94. The minimum atomic E-state index is 0.820. The number of fused-ring (bicyclic) bond motifs is 1. The molecule has 1 aromatic carbocycles. The Hall–Kier alpha value is -1.32. The average Bonchev–Trinajstić information content (AvgIpc) is 2.58. The highest BCUT2D eigenvalue weighted by atomic mass is 15.0. The van der Waals surface area contributed by atoms with Crippen LogP contribution in [0.25, 0.3) is 10.9 Å². The normalized spacial score (nSPS) is 16.3. The summed E-state index contributed by atoms with van der Waals surface area (Å²) >= 11 is 0. The van der Waals surface area contributed by atoms with E-state index in [9.17, 15) is 0 Å². The fraction of sp³-hybridized carbons (Fsp3) is 0.429. The van der Waals surface area contributed by atoms with Gasteiger partial charge in [0, 0.05) is 42.8 Å². The van der Waals surface area contributed by atoms with Crippen molar-refractivity contribution in [2.45, 2.75) is 13.5 Å². The Kier molecular flexibility index (Phi) is 2.87. The number of aryl methyl sites for hydroxylation is 1. The minimum absolute atomic E-state index is 0.820. The van der Waals surface area contributed by atoms with Gasteiger partial charge in [0.15, 0.2) is 0 Å². The van der Waals surface area contributed by atoms with E-state index >= 15 is 0 Å². The molecule has 1 aliphatic heterocycles. The van der Waals surface area contributed by atoms with Crippen LogP contribution in [0.5, 0.6) is 0 Å². The molecule has 0 amide bonds. The molecule has 3 nitrogen and oxygen atoms in total. The summed E-state index contributed by atoms with van der Waals surface area (Å²) in [7, 11) is 0. The second kappa shape index (κ2) is 4.51. The van der Waals surface area contributed by atoms with Crippen LogP contribution in [0.15, 0.2) is 24.3 Å². The third-order valence-corrected chi connectivity index (χ3v) is 3.63. The summed E-state index contributed by atoms with van der Waals surface area (Å²) in [5.74, 6) is 0.820. The molecule has 0 spiro atoms. The van der Waals surface area contributed by atoms with Gasteiger partial charge in [0.2, 0.25) is 0 Å². The molecule has 3 rings (SSSR count). The third kappa shape index (κ3) is 2.08. The first-order valence-electron chi connectivity index (χ1n) is 6.32. The highest BCUT2D eigenvalue weighted by Crippen LogP contribution is 2.21. The summed E-state index contributed by atoms with van der Waals surface area (Å²) in [5, 5.41) is 8.21. The maximum absolute atomic E-state index is 3.56. The van der Waals surface area contributed by atoms with Crippen LogP contribution in [0.2, 0.25) is 0 Å². The number of para-hydroxylation sites is 1. The van der Waals surface area contributed by atoms with Gasteiger partial charge in [-0.05, 0) is 24.5 Å². The average molecular weight is 229 g/mol. The number of benzene rings is 1. The molecular formula is C14H19N3. The van der Waals surface area contributed by atoms with Crippen molar-refractivity contribution in [1.82, 2.24) is 15.6 Å². The highest BCUT2D eigenvalue weighted by Gasteiger charge is 2.16. The Morgan fingerprint density at radius 2 is 2.12 bits per heavy atom. The van der Waals surface area contributed by atoms with Gasteiger partial charge in [0.05, 0.1) is 0 Å². The number of rotatable bonds is 4. The van der Waals surface area contributed by atoms with E-state index in [2.05, 4.69) is 46.8 Å². The van der Waals surface area contributed by atoms with E-state index in [1.807, 2.05) is 0 Å². The van der Waals surface area contributed by atoms with E-state index in [0.717, 1.165) is 19.0 Å². The molecular weight excluding hydrogens is 210 g/mol. The molecule has 1 fully saturated rings. The fourth-order valence-electron chi connectivity index (χ4n) is 2.46. The third-order valence-electron chi connectivity index (χ3n) is 3.63. The van der Waals surface area contributed by atoms with Crippen molar-refractivity contribution >= 4 is 10.9 Å². The predicted octanol–water partition coefficient (Wildman–Crippen LogP) is 1.79. The molecule has 0 radical (unpaired) electrons. The van der Waals surface area contributed by atoms with Crippen molar-refractivity contribution in [3.8, 4) is 0 Å². The molecule has 90 valence electrons. The second-order valence-corrected chi connectivity index (χ2v) is 4.93. The van der Waals surface area contributed by atoms with Crippen molar-refractivity contribution in [2.75, 3.05) is 19.6 Å². The van der Waals surface area contributed by atoms with E-state index in [-0.39, 0.29) is 0 Å². The Balaban J connectivity index is 1.72. The maximum Gasteiger partial charge on any atom is 0.0459 e. The zero-order chi connectivity index (χ0) is 11.7. The van der Waals surface area contributed by atoms with Crippen LogP contribution in [-0.4, -0.2) is 24.6 Å². The van der Waals surface area contributed by atoms with Crippen molar-refractivity contribution in [3.63, 3.8) is 0 Å². The Bertz CT molecular complexity index is 511. The van der Waals surface area contributed by atoms with E-state index < -0.39 is 0 Å². The van der Waals surface area contributed by atoms with E-state index in [1.165, 1.54) is 35.2 Å². The number of hydrogen-bond acceptors (Lipinski definition) is 2. The van der Waals surface area contributed by atoms with Crippen LogP contribution in [-0.2, 0) is 6.54 Å². The number of nitrogens with one attached hydrogen (secondary N) is 3. The monoisotopic (exact) mass is 229 g/mol. The molecule has 0 unspecified atom stereocenters. The highest BCUT2D eigenvalue weighted by molar-refractivity contribution is 5.84. The van der Waals surface area contributed by atoms with Gasteiger partial charge < -0.3 is 15.6 Å². The Morgan fingerprint density at radius 1 is 1.29 bits per heavy atom.